The molecule has 3 heterocycles. The molecule has 0 saturated carbocycles. The maximum Gasteiger partial charge on any atom is 0.0969 e. The summed E-state index contributed by atoms with van der Waals surface area (Å²) in [6.45, 7) is 6.53. The Morgan fingerprint density at radius 3 is 3.22 bits per heavy atom. The molecule has 2 aliphatic heterocycles. The van der Waals surface area contributed by atoms with Crippen molar-refractivity contribution >= 4 is 11.3 Å². The van der Waals surface area contributed by atoms with Crippen molar-refractivity contribution in [3.63, 3.8) is 0 Å². The summed E-state index contributed by atoms with van der Waals surface area (Å²) in [5.74, 6) is 0. The first-order valence-electron chi connectivity index (χ1n) is 7.23. The van der Waals surface area contributed by atoms with E-state index in [1.807, 2.05) is 11.3 Å². The highest BCUT2D eigenvalue weighted by Crippen LogP contribution is 2.44. The molecule has 1 saturated heterocycles. The number of hydrogen-bond donors (Lipinski definition) is 1. The average molecular weight is 265 g/mol. The zero-order chi connectivity index (χ0) is 12.6. The number of fused-ring (bicyclic) bond motifs is 2. The summed E-state index contributed by atoms with van der Waals surface area (Å²) in [5, 5.41) is 3.54. The first-order valence-corrected chi connectivity index (χ1v) is 8.04. The average Bonchev–Trinajstić information content (AvgIpc) is 2.74. The quantitative estimate of drug-likeness (QED) is 0.886. The van der Waals surface area contributed by atoms with Gasteiger partial charge in [-0.2, -0.15) is 0 Å². The highest BCUT2D eigenvalue weighted by Gasteiger charge is 2.42. The summed E-state index contributed by atoms with van der Waals surface area (Å²) in [6, 6.07) is 3.01. The molecule has 0 bridgehead atoms. The number of thiophene rings is 1. The predicted octanol–water partition coefficient (Wildman–Crippen LogP) is 3.24. The van der Waals surface area contributed by atoms with Gasteiger partial charge in [0.05, 0.1) is 12.2 Å². The molecule has 2 nitrogen and oxygen atoms in total. The van der Waals surface area contributed by atoms with Crippen LogP contribution >= 0.6 is 11.3 Å². The number of aryl methyl sites for hydroxylation is 1. The van der Waals surface area contributed by atoms with Crippen molar-refractivity contribution in [2.24, 2.45) is 0 Å². The summed E-state index contributed by atoms with van der Waals surface area (Å²) >= 11 is 2.03. The Kier molecular flexibility index (Phi) is 3.48. The second-order valence-electron chi connectivity index (χ2n) is 5.70. The fourth-order valence-corrected chi connectivity index (χ4v) is 4.75. The number of piperidine rings is 1. The van der Waals surface area contributed by atoms with Crippen molar-refractivity contribution in [1.29, 1.82) is 0 Å². The van der Waals surface area contributed by atoms with Gasteiger partial charge in [-0.25, -0.2) is 0 Å². The van der Waals surface area contributed by atoms with Crippen LogP contribution in [0, 0.1) is 0 Å². The van der Waals surface area contributed by atoms with Crippen molar-refractivity contribution < 1.29 is 4.74 Å². The summed E-state index contributed by atoms with van der Waals surface area (Å²) in [5.41, 5.74) is 1.55. The van der Waals surface area contributed by atoms with Gasteiger partial charge in [-0.15, -0.1) is 11.3 Å². The molecule has 2 aliphatic rings. The monoisotopic (exact) mass is 265 g/mol. The number of nitrogens with one attached hydrogen (secondary N) is 1. The van der Waals surface area contributed by atoms with Crippen LogP contribution in [0.3, 0.4) is 0 Å². The lowest BCUT2D eigenvalue weighted by molar-refractivity contribution is -0.0870. The van der Waals surface area contributed by atoms with E-state index in [-0.39, 0.29) is 5.60 Å². The van der Waals surface area contributed by atoms with Gasteiger partial charge in [0.15, 0.2) is 0 Å². The van der Waals surface area contributed by atoms with Crippen molar-refractivity contribution in [2.75, 3.05) is 13.2 Å². The van der Waals surface area contributed by atoms with E-state index in [2.05, 4.69) is 25.2 Å². The van der Waals surface area contributed by atoms with Crippen molar-refractivity contribution in [1.82, 2.24) is 5.32 Å². The molecule has 0 amide bonds. The van der Waals surface area contributed by atoms with Crippen LogP contribution in [-0.2, 0) is 23.2 Å². The van der Waals surface area contributed by atoms with Crippen LogP contribution in [0.5, 0.6) is 0 Å². The Morgan fingerprint density at radius 2 is 2.44 bits per heavy atom. The van der Waals surface area contributed by atoms with Gasteiger partial charge >= 0.3 is 0 Å². The van der Waals surface area contributed by atoms with E-state index in [1.54, 1.807) is 9.75 Å². The molecule has 1 spiro atoms. The minimum Gasteiger partial charge on any atom is -0.370 e. The van der Waals surface area contributed by atoms with Crippen molar-refractivity contribution in [3.8, 4) is 0 Å². The summed E-state index contributed by atoms with van der Waals surface area (Å²) < 4.78 is 6.26. The molecule has 1 fully saturated rings. The molecule has 1 aromatic heterocycles. The molecule has 3 heteroatoms. The Hall–Kier alpha value is -0.380. The van der Waals surface area contributed by atoms with E-state index in [1.165, 1.54) is 18.4 Å². The van der Waals surface area contributed by atoms with Crippen LogP contribution in [0.2, 0.25) is 0 Å². The fraction of sp³-hybridized carbons (Fsp3) is 0.733. The normalized spacial score (nSPS) is 31.6. The van der Waals surface area contributed by atoms with E-state index in [0.29, 0.717) is 6.04 Å². The highest BCUT2D eigenvalue weighted by molar-refractivity contribution is 7.12. The van der Waals surface area contributed by atoms with Crippen LogP contribution in [0.15, 0.2) is 6.07 Å². The molecule has 0 unspecified atom stereocenters. The molecule has 2 atom stereocenters. The van der Waals surface area contributed by atoms with Gasteiger partial charge in [0.2, 0.25) is 0 Å². The van der Waals surface area contributed by atoms with Crippen molar-refractivity contribution in [2.45, 2.75) is 57.6 Å². The first kappa shape index (κ1) is 12.6. The van der Waals surface area contributed by atoms with Crippen LogP contribution in [0.4, 0.5) is 0 Å². The van der Waals surface area contributed by atoms with Crippen LogP contribution in [-0.4, -0.2) is 19.2 Å². The lowest BCUT2D eigenvalue weighted by Crippen LogP contribution is -2.48. The van der Waals surface area contributed by atoms with E-state index in [0.717, 1.165) is 32.4 Å². The lowest BCUT2D eigenvalue weighted by Gasteiger charge is -2.43. The minimum atomic E-state index is 0.0285. The molecular weight excluding hydrogens is 242 g/mol. The van der Waals surface area contributed by atoms with E-state index in [4.69, 9.17) is 4.74 Å². The van der Waals surface area contributed by atoms with Gasteiger partial charge in [-0.05, 0) is 44.4 Å². The SMILES string of the molecule is CCCc1cc2c(s1)CCO[C@@]21CCN[C@@H](C)C1. The second-order valence-corrected chi connectivity index (χ2v) is 6.92. The third-order valence-electron chi connectivity index (χ3n) is 4.21. The van der Waals surface area contributed by atoms with Gasteiger partial charge in [-0.1, -0.05) is 13.3 Å². The van der Waals surface area contributed by atoms with E-state index >= 15 is 0 Å². The van der Waals surface area contributed by atoms with Gasteiger partial charge in [-0.3, -0.25) is 0 Å². The maximum atomic E-state index is 6.26. The third-order valence-corrected chi connectivity index (χ3v) is 5.47. The third kappa shape index (κ3) is 2.13. The highest BCUT2D eigenvalue weighted by atomic mass is 32.1. The summed E-state index contributed by atoms with van der Waals surface area (Å²) in [6.07, 6.45) is 5.84. The summed E-state index contributed by atoms with van der Waals surface area (Å²) in [7, 11) is 0. The van der Waals surface area contributed by atoms with Gasteiger partial charge in [0, 0.05) is 22.2 Å². The molecule has 0 radical (unpaired) electrons. The zero-order valence-corrected chi connectivity index (χ0v) is 12.2. The molecule has 1 aromatic rings. The Morgan fingerprint density at radius 1 is 1.56 bits per heavy atom. The maximum absolute atomic E-state index is 6.26. The molecule has 0 aliphatic carbocycles. The Balaban J connectivity index is 1.94. The molecule has 18 heavy (non-hydrogen) atoms. The summed E-state index contributed by atoms with van der Waals surface area (Å²) in [4.78, 5) is 3.15. The molecule has 1 N–H and O–H groups in total. The topological polar surface area (TPSA) is 21.3 Å². The van der Waals surface area contributed by atoms with E-state index in [9.17, 15) is 0 Å². The minimum absolute atomic E-state index is 0.0285. The molecule has 100 valence electrons. The standard InChI is InChI=1S/C15H23NOS/c1-3-4-12-9-13-14(18-12)5-8-17-15(13)6-7-16-11(2)10-15/h9,11,16H,3-8,10H2,1-2H3/t11-,15+/m0/s1. The van der Waals surface area contributed by atoms with Gasteiger partial charge in [0.25, 0.3) is 0 Å². The number of rotatable bonds is 2. The fourth-order valence-electron chi connectivity index (χ4n) is 3.41. The Labute approximate surface area is 114 Å². The van der Waals surface area contributed by atoms with Gasteiger partial charge < -0.3 is 10.1 Å². The first-order chi connectivity index (χ1) is 8.73. The second kappa shape index (κ2) is 4.95. The van der Waals surface area contributed by atoms with Gasteiger partial charge in [0.1, 0.15) is 0 Å². The van der Waals surface area contributed by atoms with Crippen LogP contribution < -0.4 is 5.32 Å². The number of ether oxygens (including phenoxy) is 1. The Bertz CT molecular complexity index is 428. The van der Waals surface area contributed by atoms with Crippen LogP contribution in [0.1, 0.15) is 48.4 Å². The van der Waals surface area contributed by atoms with Crippen molar-refractivity contribution in [3.05, 3.63) is 21.4 Å². The predicted molar refractivity (Wildman–Crippen MR) is 76.3 cm³/mol. The van der Waals surface area contributed by atoms with E-state index < -0.39 is 0 Å². The zero-order valence-electron chi connectivity index (χ0n) is 11.4. The molecule has 0 aromatic carbocycles. The largest absolute Gasteiger partial charge is 0.370 e. The molecule has 3 rings (SSSR count). The lowest BCUT2D eigenvalue weighted by atomic mass is 9.80. The van der Waals surface area contributed by atoms with Crippen LogP contribution in [0.25, 0.3) is 0 Å². The molecular formula is C15H23NOS. The smallest absolute Gasteiger partial charge is 0.0969 e. The number of hydrogen-bond acceptors (Lipinski definition) is 3.